The van der Waals surface area contributed by atoms with Crippen LogP contribution in [0.25, 0.3) is 0 Å². The maximum Gasteiger partial charge on any atom is 0.226 e. The number of nitrogens with zero attached hydrogens (tertiary/aromatic N) is 2. The van der Waals surface area contributed by atoms with E-state index in [1.165, 1.54) is 6.33 Å². The van der Waals surface area contributed by atoms with E-state index in [9.17, 15) is 0 Å². The van der Waals surface area contributed by atoms with E-state index >= 15 is 0 Å². The SMILES string of the molecule is c1noc(CCCOC2CNC2)n1. The molecule has 2 rings (SSSR count). The van der Waals surface area contributed by atoms with E-state index in [4.69, 9.17) is 9.26 Å². The average molecular weight is 183 g/mol. The summed E-state index contributed by atoms with van der Waals surface area (Å²) in [5, 5.41) is 6.68. The van der Waals surface area contributed by atoms with Crippen molar-refractivity contribution in [2.75, 3.05) is 19.7 Å². The Labute approximate surface area is 76.5 Å². The minimum Gasteiger partial charge on any atom is -0.376 e. The third-order valence-electron chi connectivity index (χ3n) is 2.04. The van der Waals surface area contributed by atoms with Crippen LogP contribution in [0.15, 0.2) is 10.9 Å². The van der Waals surface area contributed by atoms with Crippen LogP contribution in [0.3, 0.4) is 0 Å². The molecule has 2 heterocycles. The first-order valence-electron chi connectivity index (χ1n) is 4.53. The quantitative estimate of drug-likeness (QED) is 0.650. The maximum atomic E-state index is 5.52. The zero-order chi connectivity index (χ0) is 8.93. The normalized spacial score (nSPS) is 17.2. The largest absolute Gasteiger partial charge is 0.376 e. The number of aryl methyl sites for hydroxylation is 1. The van der Waals surface area contributed by atoms with Crippen molar-refractivity contribution in [1.29, 1.82) is 0 Å². The molecule has 0 spiro atoms. The monoisotopic (exact) mass is 183 g/mol. The molecule has 1 aromatic heterocycles. The molecular formula is C8H13N3O2. The first kappa shape index (κ1) is 8.65. The standard InChI is InChI=1S/C8H13N3O2/c1(2-8-10-6-11-13-8)3-12-7-4-9-5-7/h6-7,9H,1-5H2. The van der Waals surface area contributed by atoms with Crippen LogP contribution in [0.2, 0.25) is 0 Å². The Bertz CT molecular complexity index is 234. The highest BCUT2D eigenvalue weighted by atomic mass is 16.5. The Balaban J connectivity index is 1.53. The Morgan fingerprint density at radius 2 is 2.54 bits per heavy atom. The van der Waals surface area contributed by atoms with Crippen LogP contribution in [0.1, 0.15) is 12.3 Å². The molecule has 0 amide bonds. The van der Waals surface area contributed by atoms with Crippen molar-refractivity contribution in [3.05, 3.63) is 12.2 Å². The van der Waals surface area contributed by atoms with Gasteiger partial charge in [-0.25, -0.2) is 0 Å². The van der Waals surface area contributed by atoms with E-state index < -0.39 is 0 Å². The Morgan fingerprint density at radius 3 is 3.15 bits per heavy atom. The molecule has 72 valence electrons. The number of nitrogens with one attached hydrogen (secondary N) is 1. The van der Waals surface area contributed by atoms with Gasteiger partial charge in [-0.15, -0.1) is 0 Å². The predicted molar refractivity (Wildman–Crippen MR) is 45.2 cm³/mol. The zero-order valence-electron chi connectivity index (χ0n) is 7.40. The van der Waals surface area contributed by atoms with E-state index in [-0.39, 0.29) is 0 Å². The van der Waals surface area contributed by atoms with Crippen molar-refractivity contribution in [3.63, 3.8) is 0 Å². The van der Waals surface area contributed by atoms with Gasteiger partial charge in [-0.05, 0) is 6.42 Å². The van der Waals surface area contributed by atoms with Gasteiger partial charge in [0.2, 0.25) is 5.89 Å². The predicted octanol–water partition coefficient (Wildman–Crippen LogP) is -0.00940. The second-order valence-electron chi connectivity index (χ2n) is 3.09. The molecule has 1 aromatic rings. The summed E-state index contributed by atoms with van der Waals surface area (Å²) in [6.45, 7) is 2.75. The molecular weight excluding hydrogens is 170 g/mol. The summed E-state index contributed by atoms with van der Waals surface area (Å²) in [6.07, 6.45) is 3.59. The fourth-order valence-corrected chi connectivity index (χ4v) is 1.16. The smallest absolute Gasteiger partial charge is 0.226 e. The van der Waals surface area contributed by atoms with Gasteiger partial charge in [-0.2, -0.15) is 4.98 Å². The zero-order valence-corrected chi connectivity index (χ0v) is 7.40. The number of hydrogen-bond acceptors (Lipinski definition) is 5. The molecule has 1 fully saturated rings. The van der Waals surface area contributed by atoms with Crippen molar-refractivity contribution in [3.8, 4) is 0 Å². The third-order valence-corrected chi connectivity index (χ3v) is 2.04. The fourth-order valence-electron chi connectivity index (χ4n) is 1.16. The van der Waals surface area contributed by atoms with Crippen molar-refractivity contribution >= 4 is 0 Å². The lowest BCUT2D eigenvalue weighted by molar-refractivity contribution is 0.0173. The van der Waals surface area contributed by atoms with Crippen LogP contribution in [0.5, 0.6) is 0 Å². The molecule has 1 aliphatic heterocycles. The van der Waals surface area contributed by atoms with Crippen LogP contribution in [0, 0.1) is 0 Å². The number of ether oxygens (including phenoxy) is 1. The molecule has 0 aliphatic carbocycles. The van der Waals surface area contributed by atoms with E-state index in [1.807, 2.05) is 0 Å². The summed E-state index contributed by atoms with van der Waals surface area (Å²) in [7, 11) is 0. The fraction of sp³-hybridized carbons (Fsp3) is 0.750. The number of hydrogen-bond donors (Lipinski definition) is 1. The van der Waals surface area contributed by atoms with Gasteiger partial charge in [0.25, 0.3) is 0 Å². The highest BCUT2D eigenvalue weighted by molar-refractivity contribution is 4.76. The number of rotatable bonds is 5. The Morgan fingerprint density at radius 1 is 1.62 bits per heavy atom. The van der Waals surface area contributed by atoms with Gasteiger partial charge >= 0.3 is 0 Å². The summed E-state index contributed by atoms with van der Waals surface area (Å²) in [4.78, 5) is 3.92. The molecule has 0 saturated carbocycles. The molecule has 1 saturated heterocycles. The highest BCUT2D eigenvalue weighted by Crippen LogP contribution is 2.01. The minimum atomic E-state index is 0.419. The van der Waals surface area contributed by atoms with Gasteiger partial charge in [-0.1, -0.05) is 5.16 Å². The molecule has 0 atom stereocenters. The molecule has 0 bridgehead atoms. The van der Waals surface area contributed by atoms with Crippen LogP contribution in [0.4, 0.5) is 0 Å². The van der Waals surface area contributed by atoms with Gasteiger partial charge < -0.3 is 14.6 Å². The third kappa shape index (κ3) is 2.50. The Hall–Kier alpha value is -0.940. The second kappa shape index (κ2) is 4.34. The lowest BCUT2D eigenvalue weighted by atomic mass is 10.2. The lowest BCUT2D eigenvalue weighted by Crippen LogP contribution is -2.48. The summed E-state index contributed by atoms with van der Waals surface area (Å²) in [5.41, 5.74) is 0. The summed E-state index contributed by atoms with van der Waals surface area (Å²) in [5.74, 6) is 0.690. The first-order valence-corrected chi connectivity index (χ1v) is 4.53. The van der Waals surface area contributed by atoms with Crippen molar-refractivity contribution < 1.29 is 9.26 Å². The summed E-state index contributed by atoms with van der Waals surface area (Å²) < 4.78 is 10.4. The molecule has 0 unspecified atom stereocenters. The lowest BCUT2D eigenvalue weighted by Gasteiger charge is -2.26. The highest BCUT2D eigenvalue weighted by Gasteiger charge is 2.16. The molecule has 0 aromatic carbocycles. The van der Waals surface area contributed by atoms with E-state index in [0.717, 1.165) is 32.5 Å². The first-order chi connectivity index (χ1) is 6.45. The molecule has 1 N–H and O–H groups in total. The summed E-state index contributed by atoms with van der Waals surface area (Å²) >= 11 is 0. The van der Waals surface area contributed by atoms with E-state index in [2.05, 4.69) is 15.5 Å². The second-order valence-corrected chi connectivity index (χ2v) is 3.09. The van der Waals surface area contributed by atoms with Gasteiger partial charge in [0.1, 0.15) is 0 Å². The molecule has 5 nitrogen and oxygen atoms in total. The molecule has 0 radical (unpaired) electrons. The van der Waals surface area contributed by atoms with Crippen LogP contribution >= 0.6 is 0 Å². The van der Waals surface area contributed by atoms with Crippen molar-refractivity contribution in [1.82, 2.24) is 15.5 Å². The van der Waals surface area contributed by atoms with Gasteiger partial charge in [0.15, 0.2) is 6.33 Å². The van der Waals surface area contributed by atoms with Crippen molar-refractivity contribution in [2.24, 2.45) is 0 Å². The molecule has 1 aliphatic rings. The van der Waals surface area contributed by atoms with Crippen molar-refractivity contribution in [2.45, 2.75) is 18.9 Å². The Kier molecular flexibility index (Phi) is 2.89. The minimum absolute atomic E-state index is 0.419. The van der Waals surface area contributed by atoms with Gasteiger partial charge in [0, 0.05) is 26.1 Å². The van der Waals surface area contributed by atoms with Gasteiger partial charge in [-0.3, -0.25) is 0 Å². The number of aromatic nitrogens is 2. The maximum absolute atomic E-state index is 5.52. The van der Waals surface area contributed by atoms with E-state index in [1.54, 1.807) is 0 Å². The molecule has 5 heteroatoms. The van der Waals surface area contributed by atoms with Crippen LogP contribution in [-0.4, -0.2) is 35.9 Å². The molecule has 13 heavy (non-hydrogen) atoms. The van der Waals surface area contributed by atoms with Crippen LogP contribution in [-0.2, 0) is 11.2 Å². The summed E-state index contributed by atoms with van der Waals surface area (Å²) in [6, 6.07) is 0. The van der Waals surface area contributed by atoms with E-state index in [0.29, 0.717) is 12.0 Å². The van der Waals surface area contributed by atoms with Crippen LogP contribution < -0.4 is 5.32 Å². The van der Waals surface area contributed by atoms with Gasteiger partial charge in [0.05, 0.1) is 6.10 Å². The topological polar surface area (TPSA) is 60.2 Å². The average Bonchev–Trinajstić information content (AvgIpc) is 2.53.